The lowest BCUT2D eigenvalue weighted by Gasteiger charge is -2.39. The van der Waals surface area contributed by atoms with Crippen molar-refractivity contribution in [2.24, 2.45) is 11.8 Å². The highest BCUT2D eigenvalue weighted by Gasteiger charge is 2.32. The Hall–Kier alpha value is -1.30. The van der Waals surface area contributed by atoms with Crippen molar-refractivity contribution in [1.82, 2.24) is 14.7 Å². The van der Waals surface area contributed by atoms with E-state index in [0.29, 0.717) is 25.9 Å². The third-order valence-electron chi connectivity index (χ3n) is 4.97. The molecule has 0 aromatic carbocycles. The fraction of sp³-hybridized carbons (Fsp3) is 0.867. The van der Waals surface area contributed by atoms with Crippen LogP contribution in [0.15, 0.2) is 0 Å². The number of carbonyl (C=O) groups excluding carboxylic acids is 1. The van der Waals surface area contributed by atoms with E-state index in [0.717, 1.165) is 32.1 Å². The molecule has 0 spiro atoms. The first-order valence-corrected chi connectivity index (χ1v) is 8.12. The van der Waals surface area contributed by atoms with E-state index in [1.54, 1.807) is 0 Å². The van der Waals surface area contributed by atoms with Gasteiger partial charge >= 0.3 is 12.0 Å². The molecular formula is C15H25N3O3. The minimum Gasteiger partial charge on any atom is -0.481 e. The first-order chi connectivity index (χ1) is 10.1. The van der Waals surface area contributed by atoms with E-state index in [1.165, 1.54) is 19.4 Å². The molecule has 2 saturated heterocycles. The normalized spacial score (nSPS) is 25.1. The Labute approximate surface area is 125 Å². The Balaban J connectivity index is 1.42. The Kier molecular flexibility index (Phi) is 4.33. The van der Waals surface area contributed by atoms with Crippen LogP contribution < -0.4 is 0 Å². The number of hydrogen-bond acceptors (Lipinski definition) is 3. The zero-order valence-corrected chi connectivity index (χ0v) is 12.5. The van der Waals surface area contributed by atoms with Gasteiger partial charge in [0.1, 0.15) is 0 Å². The summed E-state index contributed by atoms with van der Waals surface area (Å²) in [5, 5.41) is 9.00. The molecule has 2 heterocycles. The number of nitrogens with zero attached hydrogens (tertiary/aromatic N) is 3. The van der Waals surface area contributed by atoms with E-state index in [-0.39, 0.29) is 11.9 Å². The molecule has 2 aliphatic heterocycles. The summed E-state index contributed by atoms with van der Waals surface area (Å²) in [5.41, 5.74) is 0. The van der Waals surface area contributed by atoms with Gasteiger partial charge in [0.2, 0.25) is 0 Å². The van der Waals surface area contributed by atoms with Gasteiger partial charge in [-0.1, -0.05) is 0 Å². The lowest BCUT2D eigenvalue weighted by molar-refractivity contribution is -0.143. The number of likely N-dealkylation sites (tertiary alicyclic amines) is 1. The summed E-state index contributed by atoms with van der Waals surface area (Å²) < 4.78 is 0. The SMILES string of the molecule is O=C(O)C1CCN(C(=O)N2CCN(CC3CC3)CC2)CC1. The van der Waals surface area contributed by atoms with Crippen LogP contribution in [0.5, 0.6) is 0 Å². The van der Waals surface area contributed by atoms with Crippen LogP contribution >= 0.6 is 0 Å². The van der Waals surface area contributed by atoms with Gasteiger partial charge < -0.3 is 14.9 Å². The molecule has 0 atom stereocenters. The van der Waals surface area contributed by atoms with E-state index >= 15 is 0 Å². The maximum absolute atomic E-state index is 12.5. The van der Waals surface area contributed by atoms with Crippen LogP contribution in [0.4, 0.5) is 4.79 Å². The van der Waals surface area contributed by atoms with E-state index in [4.69, 9.17) is 5.11 Å². The van der Waals surface area contributed by atoms with Crippen LogP contribution in [0.25, 0.3) is 0 Å². The van der Waals surface area contributed by atoms with E-state index in [2.05, 4.69) is 4.90 Å². The second-order valence-electron chi connectivity index (χ2n) is 6.61. The highest BCUT2D eigenvalue weighted by molar-refractivity contribution is 5.75. The third kappa shape index (κ3) is 3.67. The molecule has 3 aliphatic rings. The summed E-state index contributed by atoms with van der Waals surface area (Å²) in [6, 6.07) is 0.102. The zero-order valence-electron chi connectivity index (χ0n) is 12.5. The summed E-state index contributed by atoms with van der Waals surface area (Å²) in [4.78, 5) is 29.6. The molecule has 6 nitrogen and oxygen atoms in total. The first-order valence-electron chi connectivity index (χ1n) is 8.12. The average Bonchev–Trinajstić information content (AvgIpc) is 3.31. The highest BCUT2D eigenvalue weighted by atomic mass is 16.4. The molecule has 2 amide bonds. The molecule has 21 heavy (non-hydrogen) atoms. The molecule has 0 aromatic heterocycles. The molecule has 0 unspecified atom stereocenters. The minimum absolute atomic E-state index is 0.102. The van der Waals surface area contributed by atoms with Crippen LogP contribution in [0.3, 0.4) is 0 Å². The van der Waals surface area contributed by atoms with Crippen molar-refractivity contribution in [3.63, 3.8) is 0 Å². The second-order valence-corrected chi connectivity index (χ2v) is 6.61. The number of carboxylic acids is 1. The minimum atomic E-state index is -0.726. The fourth-order valence-corrected chi connectivity index (χ4v) is 3.31. The number of rotatable bonds is 3. The van der Waals surface area contributed by atoms with Crippen LogP contribution in [-0.2, 0) is 4.79 Å². The number of piperazine rings is 1. The molecular weight excluding hydrogens is 270 g/mol. The van der Waals surface area contributed by atoms with Gasteiger partial charge in [-0.2, -0.15) is 0 Å². The molecule has 0 radical (unpaired) electrons. The number of aliphatic carboxylic acids is 1. The van der Waals surface area contributed by atoms with E-state index in [1.807, 2.05) is 9.80 Å². The van der Waals surface area contributed by atoms with Crippen molar-refractivity contribution in [2.45, 2.75) is 25.7 Å². The van der Waals surface area contributed by atoms with Crippen molar-refractivity contribution < 1.29 is 14.7 Å². The van der Waals surface area contributed by atoms with Gasteiger partial charge in [0.05, 0.1) is 5.92 Å². The Morgan fingerprint density at radius 3 is 1.95 bits per heavy atom. The molecule has 0 aromatic rings. The topological polar surface area (TPSA) is 64.1 Å². The maximum atomic E-state index is 12.5. The lowest BCUT2D eigenvalue weighted by atomic mass is 9.97. The van der Waals surface area contributed by atoms with Crippen molar-refractivity contribution in [3.05, 3.63) is 0 Å². The predicted molar refractivity (Wildman–Crippen MR) is 78.1 cm³/mol. The molecule has 1 saturated carbocycles. The molecule has 0 bridgehead atoms. The standard InChI is InChI=1S/C15H25N3O3/c19-14(20)13-3-5-17(6-4-13)15(21)18-9-7-16(8-10-18)11-12-1-2-12/h12-13H,1-11H2,(H,19,20). The number of piperidine rings is 1. The summed E-state index contributed by atoms with van der Waals surface area (Å²) in [6.07, 6.45) is 3.92. The number of urea groups is 1. The van der Waals surface area contributed by atoms with E-state index < -0.39 is 5.97 Å². The van der Waals surface area contributed by atoms with Crippen LogP contribution in [0, 0.1) is 11.8 Å². The van der Waals surface area contributed by atoms with Crippen LogP contribution in [0.2, 0.25) is 0 Å². The summed E-state index contributed by atoms with van der Waals surface area (Å²) in [7, 11) is 0. The highest BCUT2D eigenvalue weighted by Crippen LogP contribution is 2.30. The van der Waals surface area contributed by atoms with Gasteiger partial charge in [-0.05, 0) is 31.6 Å². The quantitative estimate of drug-likeness (QED) is 0.841. The van der Waals surface area contributed by atoms with Gasteiger partial charge in [0, 0.05) is 45.8 Å². The average molecular weight is 295 g/mol. The fourth-order valence-electron chi connectivity index (χ4n) is 3.31. The molecule has 3 fully saturated rings. The number of carboxylic acid groups (broad SMARTS) is 1. The number of hydrogen-bond donors (Lipinski definition) is 1. The number of amides is 2. The van der Waals surface area contributed by atoms with Gasteiger partial charge in [-0.25, -0.2) is 4.79 Å². The Morgan fingerprint density at radius 2 is 1.43 bits per heavy atom. The largest absolute Gasteiger partial charge is 0.481 e. The third-order valence-corrected chi connectivity index (χ3v) is 4.97. The smallest absolute Gasteiger partial charge is 0.320 e. The molecule has 6 heteroatoms. The van der Waals surface area contributed by atoms with E-state index in [9.17, 15) is 9.59 Å². The first kappa shape index (κ1) is 14.6. The van der Waals surface area contributed by atoms with Gasteiger partial charge in [0.25, 0.3) is 0 Å². The Morgan fingerprint density at radius 1 is 0.857 bits per heavy atom. The van der Waals surface area contributed by atoms with Gasteiger partial charge in [-0.3, -0.25) is 9.69 Å². The summed E-state index contributed by atoms with van der Waals surface area (Å²) in [6.45, 7) is 5.94. The maximum Gasteiger partial charge on any atom is 0.320 e. The van der Waals surface area contributed by atoms with Crippen LogP contribution in [0.1, 0.15) is 25.7 Å². The monoisotopic (exact) mass is 295 g/mol. The molecule has 1 N–H and O–H groups in total. The van der Waals surface area contributed by atoms with Crippen molar-refractivity contribution in [2.75, 3.05) is 45.8 Å². The van der Waals surface area contributed by atoms with Crippen molar-refractivity contribution >= 4 is 12.0 Å². The molecule has 118 valence electrons. The van der Waals surface area contributed by atoms with Crippen LogP contribution in [-0.4, -0.2) is 77.6 Å². The lowest BCUT2D eigenvalue weighted by Crippen LogP contribution is -2.54. The van der Waals surface area contributed by atoms with Gasteiger partial charge in [0.15, 0.2) is 0 Å². The van der Waals surface area contributed by atoms with Gasteiger partial charge in [-0.15, -0.1) is 0 Å². The van der Waals surface area contributed by atoms with Crippen molar-refractivity contribution in [3.8, 4) is 0 Å². The van der Waals surface area contributed by atoms with Crippen molar-refractivity contribution in [1.29, 1.82) is 0 Å². The number of carbonyl (C=O) groups is 2. The predicted octanol–water partition coefficient (Wildman–Crippen LogP) is 0.931. The molecule has 1 aliphatic carbocycles. The zero-order chi connectivity index (χ0) is 14.8. The second kappa shape index (κ2) is 6.22. The molecule has 3 rings (SSSR count). The summed E-state index contributed by atoms with van der Waals surface area (Å²) >= 11 is 0. The Bertz CT molecular complexity index is 395. The summed E-state index contributed by atoms with van der Waals surface area (Å²) in [5.74, 6) is -0.0949.